The van der Waals surface area contributed by atoms with Crippen LogP contribution >= 0.6 is 0 Å². The van der Waals surface area contributed by atoms with Crippen LogP contribution in [0.3, 0.4) is 0 Å². The molecule has 0 bridgehead atoms. The number of aromatic nitrogens is 2. The van der Waals surface area contributed by atoms with E-state index in [0.29, 0.717) is 17.0 Å². The zero-order valence-electron chi connectivity index (χ0n) is 10.6. The number of methoxy groups -OCH3 is 1. The zero-order chi connectivity index (χ0) is 14.8. The van der Waals surface area contributed by atoms with Gasteiger partial charge in [0.05, 0.1) is 19.2 Å². The maximum atomic E-state index is 12.1. The van der Waals surface area contributed by atoms with E-state index >= 15 is 0 Å². The standard InChI is InChI=1S/C12H12F3N3O2/c1-19-9-3-2-7(6-8(9)16)11-17-10(18-20-11)4-5-12(13,14)15/h2-3,6H,4-5,16H2,1H3. The second kappa shape index (κ2) is 5.40. The van der Waals surface area contributed by atoms with Gasteiger partial charge in [0.25, 0.3) is 5.89 Å². The van der Waals surface area contributed by atoms with E-state index in [4.69, 9.17) is 15.0 Å². The number of nitrogens with zero attached hydrogens (tertiary/aromatic N) is 2. The van der Waals surface area contributed by atoms with Crippen LogP contribution in [0.4, 0.5) is 18.9 Å². The molecule has 2 rings (SSSR count). The van der Waals surface area contributed by atoms with Crippen LogP contribution in [0.15, 0.2) is 22.7 Å². The molecule has 0 saturated heterocycles. The molecule has 1 heterocycles. The molecule has 108 valence electrons. The fourth-order valence-corrected chi connectivity index (χ4v) is 1.59. The van der Waals surface area contributed by atoms with Gasteiger partial charge in [-0.15, -0.1) is 0 Å². The van der Waals surface area contributed by atoms with E-state index in [1.54, 1.807) is 18.2 Å². The molecule has 1 aromatic carbocycles. The predicted molar refractivity (Wildman–Crippen MR) is 65.1 cm³/mol. The summed E-state index contributed by atoms with van der Waals surface area (Å²) in [5.74, 6) is 0.619. The van der Waals surface area contributed by atoms with Gasteiger partial charge in [0.2, 0.25) is 0 Å². The lowest BCUT2D eigenvalue weighted by Crippen LogP contribution is -2.09. The topological polar surface area (TPSA) is 74.2 Å². The number of benzene rings is 1. The van der Waals surface area contributed by atoms with E-state index < -0.39 is 12.6 Å². The Morgan fingerprint density at radius 2 is 2.10 bits per heavy atom. The lowest BCUT2D eigenvalue weighted by atomic mass is 10.2. The molecule has 1 aromatic heterocycles. The first-order chi connectivity index (χ1) is 9.39. The number of alkyl halides is 3. The first-order valence-corrected chi connectivity index (χ1v) is 5.72. The molecule has 2 N–H and O–H groups in total. The Bertz CT molecular complexity index is 596. The SMILES string of the molecule is COc1ccc(-c2nc(CCC(F)(F)F)no2)cc1N. The molecule has 0 saturated carbocycles. The van der Waals surface area contributed by atoms with Crippen LogP contribution < -0.4 is 10.5 Å². The number of aryl methyl sites for hydroxylation is 1. The number of ether oxygens (including phenoxy) is 1. The van der Waals surface area contributed by atoms with Crippen LogP contribution in [0.2, 0.25) is 0 Å². The molecule has 20 heavy (non-hydrogen) atoms. The van der Waals surface area contributed by atoms with Crippen LogP contribution in [-0.4, -0.2) is 23.4 Å². The second-order valence-electron chi connectivity index (χ2n) is 4.09. The smallest absolute Gasteiger partial charge is 0.389 e. The highest BCUT2D eigenvalue weighted by molar-refractivity contribution is 5.65. The summed E-state index contributed by atoms with van der Waals surface area (Å²) in [6, 6.07) is 4.81. The Morgan fingerprint density at radius 3 is 2.70 bits per heavy atom. The Balaban J connectivity index is 2.14. The van der Waals surface area contributed by atoms with Gasteiger partial charge in [-0.2, -0.15) is 18.2 Å². The van der Waals surface area contributed by atoms with E-state index in [-0.39, 0.29) is 18.1 Å². The van der Waals surface area contributed by atoms with E-state index in [2.05, 4.69) is 10.1 Å². The molecule has 5 nitrogen and oxygen atoms in total. The summed E-state index contributed by atoms with van der Waals surface area (Å²) in [6.45, 7) is 0. The Morgan fingerprint density at radius 1 is 1.35 bits per heavy atom. The van der Waals surface area contributed by atoms with Crippen LogP contribution in [0.1, 0.15) is 12.2 Å². The minimum absolute atomic E-state index is 0.00622. The molecular weight excluding hydrogens is 275 g/mol. The van der Waals surface area contributed by atoms with Crippen LogP contribution in [-0.2, 0) is 6.42 Å². The van der Waals surface area contributed by atoms with E-state index in [0.717, 1.165) is 0 Å². The van der Waals surface area contributed by atoms with Crippen molar-refractivity contribution in [2.75, 3.05) is 12.8 Å². The highest BCUT2D eigenvalue weighted by atomic mass is 19.4. The Kier molecular flexibility index (Phi) is 3.82. The van der Waals surface area contributed by atoms with Gasteiger partial charge >= 0.3 is 6.18 Å². The summed E-state index contributed by atoms with van der Waals surface area (Å²) < 4.78 is 46.2. The first-order valence-electron chi connectivity index (χ1n) is 5.72. The van der Waals surface area contributed by atoms with Crippen molar-refractivity contribution in [3.05, 3.63) is 24.0 Å². The average molecular weight is 287 g/mol. The molecule has 0 atom stereocenters. The molecule has 0 radical (unpaired) electrons. The molecule has 0 aliphatic carbocycles. The second-order valence-corrected chi connectivity index (χ2v) is 4.09. The minimum Gasteiger partial charge on any atom is -0.495 e. The summed E-state index contributed by atoms with van der Waals surface area (Å²) in [5, 5.41) is 3.51. The van der Waals surface area contributed by atoms with E-state index in [9.17, 15) is 13.2 Å². The normalized spacial score (nSPS) is 11.6. The lowest BCUT2D eigenvalue weighted by molar-refractivity contribution is -0.134. The third kappa shape index (κ3) is 3.40. The molecule has 0 aliphatic rings. The fourth-order valence-electron chi connectivity index (χ4n) is 1.59. The Labute approximate surface area is 112 Å². The molecule has 0 fully saturated rings. The van der Waals surface area contributed by atoms with Crippen LogP contribution in [0, 0.1) is 0 Å². The monoisotopic (exact) mass is 287 g/mol. The van der Waals surface area contributed by atoms with Crippen LogP contribution in [0.25, 0.3) is 11.5 Å². The van der Waals surface area contributed by atoms with Gasteiger partial charge in [-0.05, 0) is 18.2 Å². The van der Waals surface area contributed by atoms with Crippen molar-refractivity contribution < 1.29 is 22.4 Å². The maximum absolute atomic E-state index is 12.1. The summed E-state index contributed by atoms with van der Waals surface area (Å²) in [4.78, 5) is 3.91. The third-order valence-electron chi connectivity index (χ3n) is 2.58. The predicted octanol–water partition coefficient (Wildman–Crippen LogP) is 2.82. The van der Waals surface area contributed by atoms with E-state index in [1.165, 1.54) is 7.11 Å². The van der Waals surface area contributed by atoms with Crippen molar-refractivity contribution in [1.82, 2.24) is 10.1 Å². The summed E-state index contributed by atoms with van der Waals surface area (Å²) in [6.07, 6.45) is -5.55. The van der Waals surface area contributed by atoms with Crippen molar-refractivity contribution >= 4 is 5.69 Å². The lowest BCUT2D eigenvalue weighted by Gasteiger charge is -2.04. The maximum Gasteiger partial charge on any atom is 0.389 e. The van der Waals surface area contributed by atoms with Gasteiger partial charge in [0.1, 0.15) is 5.75 Å². The Hall–Kier alpha value is -2.25. The summed E-state index contributed by atoms with van der Waals surface area (Å²) >= 11 is 0. The van der Waals surface area contributed by atoms with Gasteiger partial charge in [-0.3, -0.25) is 0 Å². The van der Waals surface area contributed by atoms with Crippen molar-refractivity contribution in [1.29, 1.82) is 0 Å². The van der Waals surface area contributed by atoms with Gasteiger partial charge in [-0.1, -0.05) is 5.16 Å². The van der Waals surface area contributed by atoms with Crippen molar-refractivity contribution in [3.8, 4) is 17.2 Å². The highest BCUT2D eigenvalue weighted by Gasteiger charge is 2.27. The van der Waals surface area contributed by atoms with Crippen LogP contribution in [0.5, 0.6) is 5.75 Å². The molecule has 0 unspecified atom stereocenters. The molecular formula is C12H12F3N3O2. The first kappa shape index (κ1) is 14.2. The molecule has 0 aliphatic heterocycles. The molecule has 8 heteroatoms. The number of hydrogen-bond donors (Lipinski definition) is 1. The van der Waals surface area contributed by atoms with Crippen molar-refractivity contribution in [2.24, 2.45) is 0 Å². The van der Waals surface area contributed by atoms with Gasteiger partial charge < -0.3 is 15.0 Å². The minimum atomic E-state index is -4.24. The number of halogens is 3. The number of nitrogens with two attached hydrogens (primary N) is 1. The number of nitrogen functional groups attached to an aromatic ring is 1. The molecule has 2 aromatic rings. The zero-order valence-corrected chi connectivity index (χ0v) is 10.6. The third-order valence-corrected chi connectivity index (χ3v) is 2.58. The van der Waals surface area contributed by atoms with Gasteiger partial charge in [-0.25, -0.2) is 0 Å². The quantitative estimate of drug-likeness (QED) is 0.875. The number of rotatable bonds is 4. The van der Waals surface area contributed by atoms with Gasteiger partial charge in [0, 0.05) is 12.0 Å². The number of anilines is 1. The largest absolute Gasteiger partial charge is 0.495 e. The van der Waals surface area contributed by atoms with Crippen molar-refractivity contribution in [2.45, 2.75) is 19.0 Å². The summed E-state index contributed by atoms with van der Waals surface area (Å²) in [7, 11) is 1.48. The van der Waals surface area contributed by atoms with Gasteiger partial charge in [0.15, 0.2) is 5.82 Å². The average Bonchev–Trinajstić information content (AvgIpc) is 2.84. The number of hydrogen-bond acceptors (Lipinski definition) is 5. The highest BCUT2D eigenvalue weighted by Crippen LogP contribution is 2.28. The fraction of sp³-hybridized carbons (Fsp3) is 0.333. The van der Waals surface area contributed by atoms with Crippen molar-refractivity contribution in [3.63, 3.8) is 0 Å². The van der Waals surface area contributed by atoms with E-state index in [1.807, 2.05) is 0 Å². The molecule has 0 spiro atoms. The summed E-state index contributed by atoms with van der Waals surface area (Å²) in [5.41, 5.74) is 6.63. The molecule has 0 amide bonds.